The molecule has 2 amide bonds. The number of anilines is 2. The van der Waals surface area contributed by atoms with Gasteiger partial charge in [0, 0.05) is 69.8 Å². The van der Waals surface area contributed by atoms with Gasteiger partial charge in [-0.05, 0) is 38.7 Å². The second-order valence-corrected chi connectivity index (χ2v) is 10.9. The van der Waals surface area contributed by atoms with Crippen molar-refractivity contribution in [3.63, 3.8) is 0 Å². The molecule has 3 heterocycles. The van der Waals surface area contributed by atoms with Gasteiger partial charge in [0.25, 0.3) is 0 Å². The van der Waals surface area contributed by atoms with Gasteiger partial charge in [0.05, 0.1) is 5.69 Å². The van der Waals surface area contributed by atoms with Gasteiger partial charge in [0.15, 0.2) is 5.65 Å². The van der Waals surface area contributed by atoms with Crippen LogP contribution in [0.5, 0.6) is 0 Å². The number of nitrogens with one attached hydrogen (secondary N) is 1. The van der Waals surface area contributed by atoms with Gasteiger partial charge < -0.3 is 14.7 Å². The van der Waals surface area contributed by atoms with Crippen molar-refractivity contribution in [3.05, 3.63) is 24.2 Å². The standard InChI is InChI=1S/C24H38N8O2S.2C2H6/c1-24(9-10-24)27-32(34-35-25)19-15-20(29-11-13-30(14-12-29)23(33)28(2)3)22-26-16-21(31(22)17-19)18-7-5-4-6-8-18;2*1-2/h15-18,27H,4-14,25H2,1-3H3;2*1-2H3. The summed E-state index contributed by atoms with van der Waals surface area (Å²) in [7, 11) is 3.60. The Balaban J connectivity index is 0.00000100. The number of urea groups is 1. The number of nitrogens with two attached hydrogens (primary N) is 1. The fraction of sp³-hybridized carbons (Fsp3) is 0.714. The van der Waals surface area contributed by atoms with E-state index in [1.165, 1.54) is 37.8 Å². The van der Waals surface area contributed by atoms with Crippen LogP contribution in [0.25, 0.3) is 5.65 Å². The molecule has 1 aliphatic heterocycles. The minimum atomic E-state index is 0.0180. The first-order valence-corrected chi connectivity index (χ1v) is 15.5. The Morgan fingerprint density at radius 2 is 1.74 bits per heavy atom. The SMILES string of the molecule is CC.CC.CN(C)C(=O)N1CCN(c2cc(N(NC3(C)CC3)OSN)cn3c(C4CCCCC4)cnc23)CC1. The van der Waals surface area contributed by atoms with Crippen molar-refractivity contribution in [1.29, 1.82) is 0 Å². The lowest BCUT2D eigenvalue weighted by Crippen LogP contribution is -2.51. The van der Waals surface area contributed by atoms with Crippen molar-refractivity contribution >= 4 is 35.3 Å². The third-order valence-electron chi connectivity index (χ3n) is 7.62. The van der Waals surface area contributed by atoms with Crippen molar-refractivity contribution < 1.29 is 9.08 Å². The van der Waals surface area contributed by atoms with E-state index in [0.717, 1.165) is 55.2 Å². The molecule has 2 aromatic heterocycles. The van der Waals surface area contributed by atoms with Crippen LogP contribution in [0.3, 0.4) is 0 Å². The van der Waals surface area contributed by atoms with Crippen LogP contribution in [0.2, 0.25) is 0 Å². The molecule has 11 heteroatoms. The molecule has 0 spiro atoms. The molecule has 1 saturated heterocycles. The maximum absolute atomic E-state index is 12.5. The van der Waals surface area contributed by atoms with E-state index in [4.69, 9.17) is 14.4 Å². The third-order valence-corrected chi connectivity index (χ3v) is 7.86. The van der Waals surface area contributed by atoms with Gasteiger partial charge in [-0.2, -0.15) is 9.46 Å². The highest BCUT2D eigenvalue weighted by Crippen LogP contribution is 2.38. The van der Waals surface area contributed by atoms with Crippen molar-refractivity contribution in [2.45, 2.75) is 91.0 Å². The second-order valence-electron chi connectivity index (χ2n) is 10.6. The Hall–Kier alpha value is -2.21. The first kappa shape index (κ1) is 31.3. The number of aromatic nitrogens is 2. The quantitative estimate of drug-likeness (QED) is 0.258. The van der Waals surface area contributed by atoms with Crippen LogP contribution >= 0.6 is 12.2 Å². The molecule has 0 unspecified atom stereocenters. The second kappa shape index (κ2) is 14.4. The average molecular weight is 563 g/mol. The number of carbonyl (C=O) groups excluding carboxylic acids is 1. The van der Waals surface area contributed by atoms with Gasteiger partial charge in [0.1, 0.15) is 17.9 Å². The summed E-state index contributed by atoms with van der Waals surface area (Å²) in [6, 6.07) is 2.19. The third kappa shape index (κ3) is 7.50. The zero-order valence-corrected chi connectivity index (χ0v) is 25.9. The fourth-order valence-corrected chi connectivity index (χ4v) is 5.46. The Morgan fingerprint density at radius 1 is 1.10 bits per heavy atom. The van der Waals surface area contributed by atoms with Gasteiger partial charge >= 0.3 is 6.03 Å². The zero-order valence-electron chi connectivity index (χ0n) is 25.1. The van der Waals surface area contributed by atoms with Crippen LogP contribution in [0.15, 0.2) is 18.5 Å². The van der Waals surface area contributed by atoms with E-state index >= 15 is 0 Å². The molecule has 3 N–H and O–H groups in total. The number of fused-ring (bicyclic) bond motifs is 1. The molecule has 5 rings (SSSR count). The monoisotopic (exact) mass is 562 g/mol. The average Bonchev–Trinajstić information content (AvgIpc) is 3.55. The van der Waals surface area contributed by atoms with E-state index in [9.17, 15) is 4.79 Å². The van der Waals surface area contributed by atoms with Crippen molar-refractivity contribution in [2.24, 2.45) is 5.14 Å². The minimum Gasteiger partial charge on any atom is -0.365 e. The van der Waals surface area contributed by atoms with E-state index < -0.39 is 0 Å². The summed E-state index contributed by atoms with van der Waals surface area (Å²) in [5.41, 5.74) is 7.69. The molecular formula is C28H50N8O2S. The van der Waals surface area contributed by atoms with E-state index in [1.54, 1.807) is 24.2 Å². The highest BCUT2D eigenvalue weighted by Gasteiger charge is 2.40. The first-order chi connectivity index (χ1) is 18.9. The molecule has 3 fully saturated rings. The molecule has 2 aromatic rings. The van der Waals surface area contributed by atoms with Gasteiger partial charge in [-0.1, -0.05) is 47.0 Å². The van der Waals surface area contributed by atoms with Gasteiger partial charge in [-0.3, -0.25) is 9.54 Å². The van der Waals surface area contributed by atoms with Gasteiger partial charge in [-0.15, -0.1) is 0 Å². The topological polar surface area (TPSA) is 94.6 Å². The number of carbonyl (C=O) groups is 1. The first-order valence-electron chi connectivity index (χ1n) is 14.7. The molecule has 0 radical (unpaired) electrons. The molecule has 0 aromatic carbocycles. The predicted octanol–water partition coefficient (Wildman–Crippen LogP) is 5.56. The number of pyridine rings is 1. The van der Waals surface area contributed by atoms with E-state index in [2.05, 4.69) is 40.1 Å². The van der Waals surface area contributed by atoms with Crippen molar-refractivity contribution in [1.82, 2.24) is 24.6 Å². The summed E-state index contributed by atoms with van der Waals surface area (Å²) in [5, 5.41) is 7.44. The number of hydrogen-bond acceptors (Lipinski definition) is 8. The fourth-order valence-electron chi connectivity index (χ4n) is 5.25. The number of hydrogen-bond donors (Lipinski definition) is 2. The maximum Gasteiger partial charge on any atom is 0.319 e. The molecule has 3 aliphatic rings. The molecule has 2 saturated carbocycles. The van der Waals surface area contributed by atoms with E-state index in [-0.39, 0.29) is 11.6 Å². The molecule has 220 valence electrons. The lowest BCUT2D eigenvalue weighted by molar-refractivity contribution is 0.168. The summed E-state index contributed by atoms with van der Waals surface area (Å²) >= 11 is 0.837. The lowest BCUT2D eigenvalue weighted by atomic mass is 9.87. The molecule has 10 nitrogen and oxygen atoms in total. The Kier molecular flexibility index (Phi) is 11.6. The number of imidazole rings is 1. The Morgan fingerprint density at radius 3 is 2.31 bits per heavy atom. The van der Waals surface area contributed by atoms with E-state index in [1.807, 2.05) is 32.6 Å². The molecule has 2 aliphatic carbocycles. The highest BCUT2D eigenvalue weighted by molar-refractivity contribution is 7.92. The summed E-state index contributed by atoms with van der Waals surface area (Å²) < 4.78 is 8.03. The predicted molar refractivity (Wildman–Crippen MR) is 163 cm³/mol. The number of amides is 2. The van der Waals surface area contributed by atoms with Crippen LogP contribution in [0.4, 0.5) is 16.2 Å². The molecule has 0 bridgehead atoms. The van der Waals surface area contributed by atoms with E-state index in [0.29, 0.717) is 19.0 Å². The van der Waals surface area contributed by atoms with Crippen LogP contribution in [0.1, 0.15) is 91.2 Å². The number of hydrazine groups is 1. The normalized spacial score (nSPS) is 18.6. The summed E-state index contributed by atoms with van der Waals surface area (Å²) in [5.74, 6) is 0.517. The smallest absolute Gasteiger partial charge is 0.319 e. The Bertz CT molecular complexity index is 1040. The van der Waals surface area contributed by atoms with Crippen LogP contribution in [-0.2, 0) is 4.28 Å². The largest absolute Gasteiger partial charge is 0.365 e. The zero-order chi connectivity index (χ0) is 28.6. The number of rotatable bonds is 7. The van der Waals surface area contributed by atoms with Crippen molar-refractivity contribution in [2.75, 3.05) is 50.3 Å². The molecule has 0 atom stereocenters. The molecular weight excluding hydrogens is 512 g/mol. The summed E-state index contributed by atoms with van der Waals surface area (Å²) in [6.07, 6.45) is 12.6. The van der Waals surface area contributed by atoms with Gasteiger partial charge in [0.2, 0.25) is 0 Å². The number of nitrogens with zero attached hydrogens (tertiary/aromatic N) is 6. The maximum atomic E-state index is 12.5. The van der Waals surface area contributed by atoms with Crippen LogP contribution < -0.4 is 20.6 Å². The van der Waals surface area contributed by atoms with Gasteiger partial charge in [-0.25, -0.2) is 15.2 Å². The highest BCUT2D eigenvalue weighted by atomic mass is 32.2. The van der Waals surface area contributed by atoms with Crippen LogP contribution in [-0.4, -0.2) is 71.0 Å². The minimum absolute atomic E-state index is 0.0180. The van der Waals surface area contributed by atoms with Crippen LogP contribution in [0, 0.1) is 0 Å². The summed E-state index contributed by atoms with van der Waals surface area (Å²) in [6.45, 7) is 13.1. The number of piperazine rings is 1. The van der Waals surface area contributed by atoms with Crippen molar-refractivity contribution in [3.8, 4) is 0 Å². The Labute approximate surface area is 239 Å². The lowest BCUT2D eigenvalue weighted by Gasteiger charge is -2.37. The summed E-state index contributed by atoms with van der Waals surface area (Å²) in [4.78, 5) is 23.3. The molecule has 39 heavy (non-hydrogen) atoms.